The first kappa shape index (κ1) is 19.4. The third-order valence-electron chi connectivity index (χ3n) is 4.08. The highest BCUT2D eigenvalue weighted by atomic mass is 16.5. The fraction of sp³-hybridized carbons (Fsp3) is 0.227. The zero-order chi connectivity index (χ0) is 20.3. The van der Waals surface area contributed by atoms with Gasteiger partial charge in [0, 0.05) is 26.3 Å². The van der Waals surface area contributed by atoms with Crippen LogP contribution in [0, 0.1) is 0 Å². The summed E-state index contributed by atoms with van der Waals surface area (Å²) in [6.45, 7) is 4.63. The number of ether oxygens (including phenoxy) is 2. The highest BCUT2D eigenvalue weighted by molar-refractivity contribution is 5.84. The smallest absolute Gasteiger partial charge is 0.308 e. The number of hydrogen-bond acceptors (Lipinski definition) is 6. The van der Waals surface area contributed by atoms with Crippen LogP contribution in [-0.4, -0.2) is 11.9 Å². The minimum Gasteiger partial charge on any atom is -0.460 e. The van der Waals surface area contributed by atoms with Crippen LogP contribution in [0.2, 0.25) is 0 Å². The first-order chi connectivity index (χ1) is 13.4. The van der Waals surface area contributed by atoms with Crippen molar-refractivity contribution in [3.63, 3.8) is 0 Å². The number of aryl methyl sites for hydroxylation is 1. The van der Waals surface area contributed by atoms with Gasteiger partial charge in [0.1, 0.15) is 22.8 Å². The van der Waals surface area contributed by atoms with E-state index in [9.17, 15) is 14.4 Å². The molecule has 3 aromatic rings. The Morgan fingerprint density at radius 1 is 0.929 bits per heavy atom. The fourth-order valence-electron chi connectivity index (χ4n) is 3.00. The van der Waals surface area contributed by atoms with Crippen LogP contribution in [-0.2, 0) is 16.0 Å². The van der Waals surface area contributed by atoms with E-state index in [1.54, 1.807) is 42.5 Å². The molecule has 144 valence electrons. The van der Waals surface area contributed by atoms with Crippen LogP contribution in [0.4, 0.5) is 0 Å². The third kappa shape index (κ3) is 4.11. The van der Waals surface area contributed by atoms with Gasteiger partial charge in [-0.05, 0) is 36.2 Å². The number of fused-ring (bicyclic) bond motifs is 1. The lowest BCUT2D eigenvalue weighted by Crippen LogP contribution is -2.10. The van der Waals surface area contributed by atoms with Gasteiger partial charge < -0.3 is 13.9 Å². The lowest BCUT2D eigenvalue weighted by Gasteiger charge is -2.11. The van der Waals surface area contributed by atoms with Gasteiger partial charge in [0.2, 0.25) is 5.43 Å². The molecule has 0 bridgehead atoms. The van der Waals surface area contributed by atoms with E-state index >= 15 is 0 Å². The summed E-state index contributed by atoms with van der Waals surface area (Å²) in [4.78, 5) is 35.4. The first-order valence-electron chi connectivity index (χ1n) is 8.96. The summed E-state index contributed by atoms with van der Waals surface area (Å²) in [5.41, 5.74) is 1.36. The van der Waals surface area contributed by atoms with E-state index in [0.717, 1.165) is 6.42 Å². The number of benzene rings is 2. The zero-order valence-corrected chi connectivity index (χ0v) is 15.9. The predicted molar refractivity (Wildman–Crippen MR) is 105 cm³/mol. The average molecular weight is 380 g/mol. The van der Waals surface area contributed by atoms with Gasteiger partial charge in [0.15, 0.2) is 0 Å². The maximum Gasteiger partial charge on any atom is 0.308 e. The molecule has 0 N–H and O–H groups in total. The van der Waals surface area contributed by atoms with Gasteiger partial charge in [-0.3, -0.25) is 14.4 Å². The predicted octanol–water partition coefficient (Wildman–Crippen LogP) is 4.26. The molecule has 0 amide bonds. The summed E-state index contributed by atoms with van der Waals surface area (Å²) in [6.07, 6.45) is 1.36. The highest BCUT2D eigenvalue weighted by Gasteiger charge is 2.17. The third-order valence-corrected chi connectivity index (χ3v) is 4.08. The molecule has 0 saturated heterocycles. The van der Waals surface area contributed by atoms with Gasteiger partial charge in [0.05, 0.1) is 10.9 Å². The number of esters is 2. The zero-order valence-electron chi connectivity index (χ0n) is 15.9. The van der Waals surface area contributed by atoms with Gasteiger partial charge in [0.25, 0.3) is 0 Å². The lowest BCUT2D eigenvalue weighted by molar-refractivity contribution is -0.132. The lowest BCUT2D eigenvalue weighted by atomic mass is 10.00. The quantitative estimate of drug-likeness (QED) is 0.486. The van der Waals surface area contributed by atoms with Crippen LogP contribution >= 0.6 is 0 Å². The van der Waals surface area contributed by atoms with Crippen molar-refractivity contribution < 1.29 is 23.5 Å². The molecule has 28 heavy (non-hydrogen) atoms. The van der Waals surface area contributed by atoms with Crippen LogP contribution in [0.5, 0.6) is 11.5 Å². The molecule has 6 heteroatoms. The molecule has 3 rings (SSSR count). The summed E-state index contributed by atoms with van der Waals surface area (Å²) >= 11 is 0. The molecule has 2 aromatic carbocycles. The van der Waals surface area contributed by atoms with Crippen LogP contribution in [0.1, 0.15) is 33.0 Å². The van der Waals surface area contributed by atoms with Gasteiger partial charge in [-0.25, -0.2) is 0 Å². The van der Waals surface area contributed by atoms with Crippen molar-refractivity contribution in [1.82, 2.24) is 0 Å². The molecule has 0 aliphatic heterocycles. The SMILES string of the molecule is CCCc1oc2cc(OC(C)=O)ccc2c(=O)c1-c1ccc(OC(C)=O)cc1. The molecule has 0 radical (unpaired) electrons. The Morgan fingerprint density at radius 3 is 2.14 bits per heavy atom. The van der Waals surface area contributed by atoms with Crippen LogP contribution in [0.15, 0.2) is 51.7 Å². The molecule has 0 saturated carbocycles. The second kappa shape index (κ2) is 8.08. The molecule has 6 nitrogen and oxygen atoms in total. The van der Waals surface area contributed by atoms with Crippen molar-refractivity contribution in [3.8, 4) is 22.6 Å². The Morgan fingerprint density at radius 2 is 1.54 bits per heavy atom. The summed E-state index contributed by atoms with van der Waals surface area (Å²) < 4.78 is 16.1. The van der Waals surface area contributed by atoms with Crippen molar-refractivity contribution in [2.45, 2.75) is 33.6 Å². The van der Waals surface area contributed by atoms with Crippen molar-refractivity contribution in [2.24, 2.45) is 0 Å². The van der Waals surface area contributed by atoms with E-state index in [4.69, 9.17) is 13.9 Å². The Balaban J connectivity index is 2.14. The topological polar surface area (TPSA) is 82.8 Å². The molecule has 1 heterocycles. The Labute approximate surface area is 161 Å². The van der Waals surface area contributed by atoms with Crippen molar-refractivity contribution in [2.75, 3.05) is 0 Å². The normalized spacial score (nSPS) is 10.7. The highest BCUT2D eigenvalue weighted by Crippen LogP contribution is 2.29. The monoisotopic (exact) mass is 380 g/mol. The molecule has 1 aromatic heterocycles. The summed E-state index contributed by atoms with van der Waals surface area (Å²) in [5.74, 6) is 0.432. The van der Waals surface area contributed by atoms with E-state index in [1.165, 1.54) is 13.8 Å². The van der Waals surface area contributed by atoms with E-state index in [2.05, 4.69) is 0 Å². The fourth-order valence-corrected chi connectivity index (χ4v) is 3.00. The van der Waals surface area contributed by atoms with Crippen molar-refractivity contribution >= 4 is 22.9 Å². The molecule has 0 fully saturated rings. The standard InChI is InChI=1S/C22H20O6/c1-4-5-19-21(15-6-8-16(9-7-15)26-13(2)23)22(25)18-11-10-17(27-14(3)24)12-20(18)28-19/h6-12H,4-5H2,1-3H3. The van der Waals surface area contributed by atoms with E-state index < -0.39 is 11.9 Å². The summed E-state index contributed by atoms with van der Waals surface area (Å²) in [5, 5.41) is 0.398. The molecular formula is C22H20O6. The summed E-state index contributed by atoms with van der Waals surface area (Å²) in [7, 11) is 0. The Kier molecular flexibility index (Phi) is 5.59. The van der Waals surface area contributed by atoms with Gasteiger partial charge >= 0.3 is 11.9 Å². The number of carbonyl (C=O) groups excluding carboxylic acids is 2. The Bertz CT molecular complexity index is 1090. The second-order valence-electron chi connectivity index (χ2n) is 6.35. The molecule has 0 unspecified atom stereocenters. The van der Waals surface area contributed by atoms with Crippen molar-refractivity contribution in [1.29, 1.82) is 0 Å². The molecular weight excluding hydrogens is 360 g/mol. The van der Waals surface area contributed by atoms with E-state index in [-0.39, 0.29) is 5.43 Å². The molecule has 0 spiro atoms. The van der Waals surface area contributed by atoms with Gasteiger partial charge in [-0.1, -0.05) is 19.1 Å². The molecule has 0 aliphatic carbocycles. The molecule has 0 aliphatic rings. The van der Waals surface area contributed by atoms with Crippen LogP contribution in [0.25, 0.3) is 22.1 Å². The number of hydrogen-bond donors (Lipinski definition) is 0. The number of carbonyl (C=O) groups is 2. The van der Waals surface area contributed by atoms with E-state index in [1.807, 2.05) is 6.92 Å². The Hall–Kier alpha value is -3.41. The average Bonchev–Trinajstić information content (AvgIpc) is 2.62. The van der Waals surface area contributed by atoms with Crippen LogP contribution < -0.4 is 14.9 Å². The maximum absolute atomic E-state index is 13.2. The van der Waals surface area contributed by atoms with Crippen molar-refractivity contribution in [3.05, 3.63) is 58.4 Å². The largest absolute Gasteiger partial charge is 0.460 e. The van der Waals surface area contributed by atoms with Crippen LogP contribution in [0.3, 0.4) is 0 Å². The maximum atomic E-state index is 13.2. The summed E-state index contributed by atoms with van der Waals surface area (Å²) in [6, 6.07) is 11.4. The first-order valence-corrected chi connectivity index (χ1v) is 8.96. The minimum atomic E-state index is -0.444. The second-order valence-corrected chi connectivity index (χ2v) is 6.35. The van der Waals surface area contributed by atoms with Gasteiger partial charge in [-0.2, -0.15) is 0 Å². The molecule has 0 atom stereocenters. The minimum absolute atomic E-state index is 0.167. The van der Waals surface area contributed by atoms with E-state index in [0.29, 0.717) is 45.8 Å². The number of rotatable bonds is 5. The van der Waals surface area contributed by atoms with Gasteiger partial charge in [-0.15, -0.1) is 0 Å².